The number of anilines is 1. The normalized spacial score (nSPS) is 11.2. The molecule has 10 heteroatoms. The van der Waals surface area contributed by atoms with Crippen LogP contribution in [0.5, 0.6) is 0 Å². The summed E-state index contributed by atoms with van der Waals surface area (Å²) in [5.74, 6) is -0.0177. The van der Waals surface area contributed by atoms with Crippen LogP contribution in [-0.2, 0) is 10.0 Å². The molecule has 0 radical (unpaired) electrons. The third-order valence-electron chi connectivity index (χ3n) is 1.91. The van der Waals surface area contributed by atoms with Crippen LogP contribution in [0.1, 0.15) is 5.56 Å². The lowest BCUT2D eigenvalue weighted by atomic mass is 10.4. The second kappa shape index (κ2) is 4.78. The van der Waals surface area contributed by atoms with Gasteiger partial charge in [0.15, 0.2) is 5.82 Å². The number of aromatic nitrogens is 2. The number of nitrogens with one attached hydrogen (secondary N) is 2. The number of hydrogen-bond donors (Lipinski definition) is 2. The van der Waals surface area contributed by atoms with E-state index in [0.29, 0.717) is 0 Å². The maximum atomic E-state index is 12.0. The van der Waals surface area contributed by atoms with Gasteiger partial charge in [-0.2, -0.15) is 10.4 Å². The molecule has 0 atom stereocenters. The van der Waals surface area contributed by atoms with E-state index in [1.807, 2.05) is 0 Å². The molecule has 0 bridgehead atoms. The van der Waals surface area contributed by atoms with E-state index in [2.05, 4.69) is 14.9 Å². The zero-order chi connectivity index (χ0) is 13.3. The summed E-state index contributed by atoms with van der Waals surface area (Å²) in [5, 5.41) is 14.7. The van der Waals surface area contributed by atoms with E-state index in [-0.39, 0.29) is 24.9 Å². The number of aromatic amines is 1. The van der Waals surface area contributed by atoms with E-state index in [1.54, 1.807) is 6.07 Å². The Morgan fingerprint density at radius 1 is 1.50 bits per heavy atom. The molecule has 0 aliphatic heterocycles. The Hall–Kier alpha value is -1.27. The lowest BCUT2D eigenvalue weighted by Crippen LogP contribution is -2.13. The summed E-state index contributed by atoms with van der Waals surface area (Å²) < 4.78 is 26.5. The number of hydrogen-bond acceptors (Lipinski definition) is 5. The third-order valence-corrected chi connectivity index (χ3v) is 5.01. The van der Waals surface area contributed by atoms with Gasteiger partial charge in [-0.3, -0.25) is 9.82 Å². The Balaban J connectivity index is 2.40. The molecule has 0 saturated heterocycles. The van der Waals surface area contributed by atoms with Gasteiger partial charge in [0.25, 0.3) is 10.0 Å². The Morgan fingerprint density at radius 2 is 2.22 bits per heavy atom. The van der Waals surface area contributed by atoms with Crippen LogP contribution >= 0.6 is 34.5 Å². The van der Waals surface area contributed by atoms with Crippen LogP contribution in [0.3, 0.4) is 0 Å². The highest BCUT2D eigenvalue weighted by Crippen LogP contribution is 2.35. The van der Waals surface area contributed by atoms with Crippen molar-refractivity contribution in [2.75, 3.05) is 4.72 Å². The van der Waals surface area contributed by atoms with E-state index < -0.39 is 10.0 Å². The third kappa shape index (κ3) is 2.44. The minimum absolute atomic E-state index is 0.0177. The second-order valence-electron chi connectivity index (χ2n) is 3.06. The number of nitriles is 1. The molecular formula is C8H4Cl2N4O2S2. The first-order valence-corrected chi connectivity index (χ1v) is 7.40. The van der Waals surface area contributed by atoms with Gasteiger partial charge in [0.2, 0.25) is 0 Å². The van der Waals surface area contributed by atoms with E-state index in [9.17, 15) is 8.42 Å². The van der Waals surface area contributed by atoms with Crippen molar-refractivity contribution in [3.8, 4) is 6.07 Å². The van der Waals surface area contributed by atoms with Crippen LogP contribution < -0.4 is 4.72 Å². The largest absolute Gasteiger partial charge is 0.265 e. The maximum absolute atomic E-state index is 12.0. The molecule has 6 nitrogen and oxygen atoms in total. The first-order chi connectivity index (χ1) is 8.44. The molecule has 0 spiro atoms. The van der Waals surface area contributed by atoms with Gasteiger partial charge in [-0.05, 0) is 6.07 Å². The van der Waals surface area contributed by atoms with Gasteiger partial charge in [0.1, 0.15) is 20.9 Å². The van der Waals surface area contributed by atoms with Crippen molar-refractivity contribution in [2.45, 2.75) is 4.90 Å². The van der Waals surface area contributed by atoms with Gasteiger partial charge in [-0.25, -0.2) is 8.42 Å². The average Bonchev–Trinajstić information content (AvgIpc) is 2.84. The van der Waals surface area contributed by atoms with Crippen LogP contribution in [-0.4, -0.2) is 18.6 Å². The zero-order valence-electron chi connectivity index (χ0n) is 8.44. The summed E-state index contributed by atoms with van der Waals surface area (Å²) in [7, 11) is -3.90. The Morgan fingerprint density at radius 3 is 2.78 bits per heavy atom. The molecule has 0 unspecified atom stereocenters. The van der Waals surface area contributed by atoms with E-state index in [4.69, 9.17) is 28.5 Å². The van der Waals surface area contributed by atoms with Gasteiger partial charge in [-0.1, -0.05) is 23.2 Å². The van der Waals surface area contributed by atoms with Crippen molar-refractivity contribution in [3.05, 3.63) is 26.5 Å². The number of H-pyrrole nitrogens is 1. The van der Waals surface area contributed by atoms with Gasteiger partial charge >= 0.3 is 0 Å². The molecule has 0 saturated carbocycles. The SMILES string of the molecule is N#Cc1cn[nH]c1NS(=O)(=O)c1cc(Cl)sc1Cl. The predicted octanol–water partition coefficient (Wildman–Crippen LogP) is 2.45. The van der Waals surface area contributed by atoms with Crippen LogP contribution in [0.25, 0.3) is 0 Å². The lowest BCUT2D eigenvalue weighted by Gasteiger charge is -2.04. The molecular weight excluding hydrogens is 319 g/mol. The molecule has 2 N–H and O–H groups in total. The van der Waals surface area contributed by atoms with Gasteiger partial charge in [0, 0.05) is 0 Å². The second-order valence-corrected chi connectivity index (χ2v) is 7.00. The lowest BCUT2D eigenvalue weighted by molar-refractivity contribution is 0.601. The van der Waals surface area contributed by atoms with Crippen molar-refractivity contribution in [1.29, 1.82) is 5.26 Å². The van der Waals surface area contributed by atoms with E-state index in [1.165, 1.54) is 12.3 Å². The Labute approximate surface area is 116 Å². The highest BCUT2D eigenvalue weighted by molar-refractivity contribution is 7.93. The van der Waals surface area contributed by atoms with Crippen molar-refractivity contribution >= 4 is 50.4 Å². The van der Waals surface area contributed by atoms with E-state index >= 15 is 0 Å². The summed E-state index contributed by atoms with van der Waals surface area (Å²) in [6.45, 7) is 0. The standard InChI is InChI=1S/C8H4Cl2N4O2S2/c9-6-1-5(7(10)17-6)18(15,16)14-8-4(2-11)3-12-13-8/h1,3H,(H2,12,13,14). The topological polar surface area (TPSA) is 98.6 Å². The van der Waals surface area contributed by atoms with Crippen LogP contribution in [0.2, 0.25) is 8.67 Å². The minimum Gasteiger partial charge on any atom is -0.263 e. The molecule has 2 rings (SSSR count). The van der Waals surface area contributed by atoms with Gasteiger partial charge in [-0.15, -0.1) is 11.3 Å². The molecule has 2 aromatic heterocycles. The molecule has 0 amide bonds. The number of rotatable bonds is 3. The predicted molar refractivity (Wildman–Crippen MR) is 68.5 cm³/mol. The first kappa shape index (κ1) is 13.2. The van der Waals surface area contributed by atoms with Crippen LogP contribution in [0.15, 0.2) is 17.2 Å². The Kier molecular flexibility index (Phi) is 3.49. The summed E-state index contributed by atoms with van der Waals surface area (Å²) in [6, 6.07) is 3.03. The van der Waals surface area contributed by atoms with Crippen molar-refractivity contribution in [1.82, 2.24) is 10.2 Å². The number of thiophene rings is 1. The fourth-order valence-corrected chi connectivity index (χ4v) is 4.33. The molecule has 18 heavy (non-hydrogen) atoms. The molecule has 0 aromatic carbocycles. The summed E-state index contributed by atoms with van der Waals surface area (Å²) in [5.41, 5.74) is 0.0797. The first-order valence-electron chi connectivity index (χ1n) is 4.35. The quantitative estimate of drug-likeness (QED) is 0.906. The van der Waals surface area contributed by atoms with Crippen molar-refractivity contribution in [2.24, 2.45) is 0 Å². The molecule has 2 heterocycles. The molecule has 0 fully saturated rings. The summed E-state index contributed by atoms with van der Waals surface area (Å²) in [6.07, 6.45) is 1.21. The highest BCUT2D eigenvalue weighted by atomic mass is 35.5. The monoisotopic (exact) mass is 322 g/mol. The number of halogens is 2. The van der Waals surface area contributed by atoms with Crippen LogP contribution in [0, 0.1) is 11.3 Å². The molecule has 2 aromatic rings. The maximum Gasteiger partial charge on any atom is 0.265 e. The van der Waals surface area contributed by atoms with Gasteiger partial charge < -0.3 is 0 Å². The average molecular weight is 323 g/mol. The molecule has 0 aliphatic rings. The smallest absolute Gasteiger partial charge is 0.263 e. The highest BCUT2D eigenvalue weighted by Gasteiger charge is 2.22. The fourth-order valence-electron chi connectivity index (χ4n) is 1.15. The number of nitrogens with zero attached hydrogens (tertiary/aromatic N) is 2. The molecule has 0 aliphatic carbocycles. The Bertz CT molecular complexity index is 729. The summed E-state index contributed by atoms with van der Waals surface area (Å²) in [4.78, 5) is -0.141. The van der Waals surface area contributed by atoms with Crippen molar-refractivity contribution < 1.29 is 8.42 Å². The fraction of sp³-hybridized carbons (Fsp3) is 0. The van der Waals surface area contributed by atoms with Crippen LogP contribution in [0.4, 0.5) is 5.82 Å². The number of sulfonamides is 1. The zero-order valence-corrected chi connectivity index (χ0v) is 11.6. The van der Waals surface area contributed by atoms with Gasteiger partial charge in [0.05, 0.1) is 10.5 Å². The summed E-state index contributed by atoms with van der Waals surface area (Å²) >= 11 is 12.4. The van der Waals surface area contributed by atoms with Crippen molar-refractivity contribution in [3.63, 3.8) is 0 Å². The minimum atomic E-state index is -3.90. The van der Waals surface area contributed by atoms with E-state index in [0.717, 1.165) is 11.3 Å². The molecule has 94 valence electrons.